The molecule has 2 rings (SSSR count). The van der Waals surface area contributed by atoms with Gasteiger partial charge in [-0.3, -0.25) is 4.79 Å². The molecule has 0 spiro atoms. The van der Waals surface area contributed by atoms with Gasteiger partial charge in [0.25, 0.3) is 0 Å². The molecule has 82 valence electrons. The highest BCUT2D eigenvalue weighted by Gasteiger charge is 2.12. The monoisotopic (exact) mass is 314 g/mol. The van der Waals surface area contributed by atoms with Gasteiger partial charge in [-0.1, -0.05) is 23.7 Å². The van der Waals surface area contributed by atoms with Crippen LogP contribution in [0.5, 0.6) is 0 Å². The molecule has 0 radical (unpaired) electrons. The second-order valence-electron chi connectivity index (χ2n) is 3.27. The average molecular weight is 316 g/mol. The molecule has 0 bridgehead atoms. The van der Waals surface area contributed by atoms with E-state index >= 15 is 0 Å². The van der Waals surface area contributed by atoms with Crippen LogP contribution in [0.2, 0.25) is 5.02 Å². The maximum atomic E-state index is 12.0. The molecule has 1 aromatic carbocycles. The molecule has 0 unspecified atom stereocenters. The first-order valence-corrected chi connectivity index (χ1v) is 6.73. The zero-order valence-corrected chi connectivity index (χ0v) is 11.4. The van der Waals surface area contributed by atoms with Crippen LogP contribution < -0.4 is 0 Å². The fourth-order valence-electron chi connectivity index (χ4n) is 1.38. The summed E-state index contributed by atoms with van der Waals surface area (Å²) in [5, 5.41) is 2.47. The summed E-state index contributed by atoms with van der Waals surface area (Å²) in [5.74, 6) is 0.0498. The van der Waals surface area contributed by atoms with Gasteiger partial charge in [-0.2, -0.15) is 0 Å². The number of hydrogen-bond donors (Lipinski definition) is 0. The largest absolute Gasteiger partial charge is 0.294 e. The number of rotatable bonds is 3. The molecular formula is C12H8BrClOS. The van der Waals surface area contributed by atoms with Crippen molar-refractivity contribution in [3.8, 4) is 0 Å². The van der Waals surface area contributed by atoms with Crippen molar-refractivity contribution in [1.82, 2.24) is 0 Å². The molecule has 0 saturated heterocycles. The number of carbonyl (C=O) groups is 1. The Hall–Kier alpha value is -0.640. The molecule has 0 aliphatic heterocycles. The van der Waals surface area contributed by atoms with Crippen molar-refractivity contribution in [2.24, 2.45) is 0 Å². The number of hydrogen-bond acceptors (Lipinski definition) is 2. The minimum Gasteiger partial charge on any atom is -0.294 e. The zero-order valence-electron chi connectivity index (χ0n) is 8.24. The topological polar surface area (TPSA) is 17.1 Å². The van der Waals surface area contributed by atoms with Crippen molar-refractivity contribution in [2.75, 3.05) is 0 Å². The van der Waals surface area contributed by atoms with Gasteiger partial charge in [0, 0.05) is 21.3 Å². The van der Waals surface area contributed by atoms with E-state index in [1.807, 2.05) is 23.6 Å². The number of carbonyl (C=O) groups excluding carboxylic acids is 1. The van der Waals surface area contributed by atoms with Gasteiger partial charge in [0.05, 0.1) is 5.02 Å². The van der Waals surface area contributed by atoms with Crippen molar-refractivity contribution < 1.29 is 4.79 Å². The summed E-state index contributed by atoms with van der Waals surface area (Å²) in [4.78, 5) is 13.0. The Morgan fingerprint density at radius 2 is 2.06 bits per heavy atom. The van der Waals surface area contributed by atoms with Gasteiger partial charge in [-0.05, 0) is 39.5 Å². The summed E-state index contributed by atoms with van der Waals surface area (Å²) in [6, 6.07) is 9.08. The van der Waals surface area contributed by atoms with Gasteiger partial charge in [0.15, 0.2) is 5.78 Å². The minimum atomic E-state index is 0.0498. The number of Topliss-reactive ketones (excluding diaryl/α,β-unsaturated/α-hetero) is 1. The molecule has 0 saturated carbocycles. The van der Waals surface area contributed by atoms with Crippen molar-refractivity contribution in [3.63, 3.8) is 0 Å². The Bertz CT molecular complexity index is 521. The second kappa shape index (κ2) is 5.13. The second-order valence-corrected chi connectivity index (χ2v) is 5.53. The van der Waals surface area contributed by atoms with Gasteiger partial charge in [0.1, 0.15) is 0 Å². The third kappa shape index (κ3) is 2.54. The van der Waals surface area contributed by atoms with Gasteiger partial charge in [0.2, 0.25) is 0 Å². The van der Waals surface area contributed by atoms with Crippen LogP contribution in [0.4, 0.5) is 0 Å². The standard InChI is InChI=1S/C12H8BrClOS/c13-9-5-6-16-12(9)7-11(15)8-3-1-2-4-10(8)14/h1-6H,7H2. The molecule has 1 heterocycles. The Kier molecular flexibility index (Phi) is 3.79. The molecule has 0 aliphatic carbocycles. The van der Waals surface area contributed by atoms with Gasteiger partial charge < -0.3 is 0 Å². The number of ketones is 1. The predicted octanol–water partition coefficient (Wildman–Crippen LogP) is 4.59. The third-order valence-electron chi connectivity index (χ3n) is 2.19. The molecule has 0 amide bonds. The molecular weight excluding hydrogens is 308 g/mol. The third-order valence-corrected chi connectivity index (χ3v) is 4.44. The first kappa shape index (κ1) is 11.8. The van der Waals surface area contributed by atoms with E-state index in [1.54, 1.807) is 23.5 Å². The van der Waals surface area contributed by atoms with E-state index in [0.717, 1.165) is 9.35 Å². The highest BCUT2D eigenvalue weighted by Crippen LogP contribution is 2.25. The molecule has 1 aromatic heterocycles. The Labute approximate surface area is 111 Å². The van der Waals surface area contributed by atoms with Crippen LogP contribution in [0.15, 0.2) is 40.2 Å². The van der Waals surface area contributed by atoms with Crippen LogP contribution >= 0.6 is 38.9 Å². The summed E-state index contributed by atoms with van der Waals surface area (Å²) in [7, 11) is 0. The van der Waals surface area contributed by atoms with Crippen LogP contribution in [0.3, 0.4) is 0 Å². The smallest absolute Gasteiger partial charge is 0.169 e. The number of benzene rings is 1. The average Bonchev–Trinajstić information content (AvgIpc) is 2.65. The Balaban J connectivity index is 2.22. The van der Waals surface area contributed by atoms with Crippen molar-refractivity contribution >= 4 is 44.7 Å². The van der Waals surface area contributed by atoms with Crippen LogP contribution in [-0.4, -0.2) is 5.78 Å². The van der Waals surface area contributed by atoms with Crippen molar-refractivity contribution in [3.05, 3.63) is 55.6 Å². The lowest BCUT2D eigenvalue weighted by Crippen LogP contribution is -2.03. The summed E-state index contributed by atoms with van der Waals surface area (Å²) < 4.78 is 0.984. The summed E-state index contributed by atoms with van der Waals surface area (Å²) in [6.07, 6.45) is 0.391. The lowest BCUT2D eigenvalue weighted by atomic mass is 10.1. The van der Waals surface area contributed by atoms with Gasteiger partial charge in [-0.25, -0.2) is 0 Å². The molecule has 0 aliphatic rings. The number of thiophene rings is 1. The molecule has 4 heteroatoms. The predicted molar refractivity (Wildman–Crippen MR) is 71.5 cm³/mol. The van der Waals surface area contributed by atoms with Gasteiger partial charge >= 0.3 is 0 Å². The van der Waals surface area contributed by atoms with E-state index in [1.165, 1.54) is 0 Å². The van der Waals surface area contributed by atoms with E-state index in [-0.39, 0.29) is 5.78 Å². The van der Waals surface area contributed by atoms with Crippen LogP contribution in [0.25, 0.3) is 0 Å². The summed E-state index contributed by atoms with van der Waals surface area (Å²) in [6.45, 7) is 0. The van der Waals surface area contributed by atoms with Gasteiger partial charge in [-0.15, -0.1) is 11.3 Å². The fourth-order valence-corrected chi connectivity index (χ4v) is 3.11. The van der Waals surface area contributed by atoms with E-state index in [0.29, 0.717) is 17.0 Å². The molecule has 1 nitrogen and oxygen atoms in total. The van der Waals surface area contributed by atoms with E-state index in [2.05, 4.69) is 15.9 Å². The molecule has 0 fully saturated rings. The molecule has 0 N–H and O–H groups in total. The zero-order chi connectivity index (χ0) is 11.5. The van der Waals surface area contributed by atoms with E-state index in [4.69, 9.17) is 11.6 Å². The van der Waals surface area contributed by atoms with Crippen LogP contribution in [0, 0.1) is 0 Å². The normalized spacial score (nSPS) is 10.4. The number of halogens is 2. The Morgan fingerprint density at radius 3 is 2.69 bits per heavy atom. The highest BCUT2D eigenvalue weighted by molar-refractivity contribution is 9.10. The maximum absolute atomic E-state index is 12.0. The lowest BCUT2D eigenvalue weighted by molar-refractivity contribution is 0.0994. The molecule has 2 aromatic rings. The highest BCUT2D eigenvalue weighted by atomic mass is 79.9. The van der Waals surface area contributed by atoms with Crippen molar-refractivity contribution in [2.45, 2.75) is 6.42 Å². The van der Waals surface area contributed by atoms with E-state index < -0.39 is 0 Å². The van der Waals surface area contributed by atoms with E-state index in [9.17, 15) is 4.79 Å². The molecule has 16 heavy (non-hydrogen) atoms. The van der Waals surface area contributed by atoms with Crippen LogP contribution in [-0.2, 0) is 6.42 Å². The fraction of sp³-hybridized carbons (Fsp3) is 0.0833. The maximum Gasteiger partial charge on any atom is 0.169 e. The lowest BCUT2D eigenvalue weighted by Gasteiger charge is -2.02. The summed E-state index contributed by atoms with van der Waals surface area (Å²) in [5.41, 5.74) is 0.587. The SMILES string of the molecule is O=C(Cc1sccc1Br)c1ccccc1Cl. The van der Waals surface area contributed by atoms with Crippen LogP contribution in [0.1, 0.15) is 15.2 Å². The quantitative estimate of drug-likeness (QED) is 0.757. The summed E-state index contributed by atoms with van der Waals surface area (Å²) >= 11 is 10.9. The first-order chi connectivity index (χ1) is 7.68. The first-order valence-electron chi connectivity index (χ1n) is 4.68. The minimum absolute atomic E-state index is 0.0498. The van der Waals surface area contributed by atoms with Crippen molar-refractivity contribution in [1.29, 1.82) is 0 Å². The Morgan fingerprint density at radius 1 is 1.31 bits per heavy atom. The molecule has 0 atom stereocenters.